The molecule has 1 saturated carbocycles. The molecule has 6 nitrogen and oxygen atoms in total. The number of aromatic nitrogens is 2. The standard InChI is InChI=1S/C19H24N4O2S/c1-2-23-16-6-4-3-5-15(16)20-19(23)26-13-17(24)21-9-11-22(12-10-21)18(25)14-7-8-14/h3-6,14H,2,7-13H2,1H3. The van der Waals surface area contributed by atoms with Gasteiger partial charge in [-0.05, 0) is 31.9 Å². The number of benzene rings is 1. The van der Waals surface area contributed by atoms with Crippen LogP contribution in [-0.4, -0.2) is 63.1 Å². The molecule has 0 bridgehead atoms. The second-order valence-electron chi connectivity index (χ2n) is 6.90. The molecule has 26 heavy (non-hydrogen) atoms. The van der Waals surface area contributed by atoms with E-state index >= 15 is 0 Å². The lowest BCUT2D eigenvalue weighted by molar-refractivity contribution is -0.139. The van der Waals surface area contributed by atoms with Gasteiger partial charge in [0.2, 0.25) is 11.8 Å². The van der Waals surface area contributed by atoms with Gasteiger partial charge in [0.15, 0.2) is 5.16 Å². The Morgan fingerprint density at radius 2 is 1.81 bits per heavy atom. The van der Waals surface area contributed by atoms with E-state index in [1.54, 1.807) is 0 Å². The van der Waals surface area contributed by atoms with Gasteiger partial charge in [-0.1, -0.05) is 23.9 Å². The number of hydrogen-bond acceptors (Lipinski definition) is 4. The van der Waals surface area contributed by atoms with Crippen molar-refractivity contribution < 1.29 is 9.59 Å². The summed E-state index contributed by atoms with van der Waals surface area (Å²) >= 11 is 1.50. The maximum atomic E-state index is 12.6. The number of piperazine rings is 1. The maximum absolute atomic E-state index is 12.6. The van der Waals surface area contributed by atoms with Gasteiger partial charge in [0.05, 0.1) is 16.8 Å². The van der Waals surface area contributed by atoms with Crippen LogP contribution in [0.1, 0.15) is 19.8 Å². The number of nitrogens with zero attached hydrogens (tertiary/aromatic N) is 4. The molecule has 2 fully saturated rings. The number of amides is 2. The first-order valence-electron chi connectivity index (χ1n) is 9.32. The second-order valence-corrected chi connectivity index (χ2v) is 7.84. The summed E-state index contributed by atoms with van der Waals surface area (Å²) < 4.78 is 2.15. The molecule has 1 saturated heterocycles. The van der Waals surface area contributed by atoms with Crippen LogP contribution in [0.2, 0.25) is 0 Å². The molecule has 2 amide bonds. The molecule has 0 N–H and O–H groups in total. The van der Waals surface area contributed by atoms with E-state index in [1.165, 1.54) is 11.8 Å². The zero-order valence-corrected chi connectivity index (χ0v) is 15.9. The summed E-state index contributed by atoms with van der Waals surface area (Å²) in [5.74, 6) is 1.06. The number of fused-ring (bicyclic) bond motifs is 1. The van der Waals surface area contributed by atoms with Crippen LogP contribution >= 0.6 is 11.8 Å². The minimum atomic E-state index is 0.128. The fraction of sp³-hybridized carbons (Fsp3) is 0.526. The number of carbonyl (C=O) groups is 2. The Kier molecular flexibility index (Phi) is 4.89. The van der Waals surface area contributed by atoms with Crippen LogP contribution in [0.4, 0.5) is 0 Å². The fourth-order valence-corrected chi connectivity index (χ4v) is 4.43. The van der Waals surface area contributed by atoms with E-state index in [-0.39, 0.29) is 17.7 Å². The Labute approximate surface area is 157 Å². The van der Waals surface area contributed by atoms with E-state index in [4.69, 9.17) is 0 Å². The number of imidazole rings is 1. The van der Waals surface area contributed by atoms with Gasteiger partial charge in [0, 0.05) is 38.6 Å². The zero-order chi connectivity index (χ0) is 18.1. The molecule has 0 unspecified atom stereocenters. The topological polar surface area (TPSA) is 58.4 Å². The minimum Gasteiger partial charge on any atom is -0.339 e. The normalized spacial score (nSPS) is 17.7. The quantitative estimate of drug-likeness (QED) is 0.755. The number of hydrogen-bond donors (Lipinski definition) is 0. The first-order chi connectivity index (χ1) is 12.7. The maximum Gasteiger partial charge on any atom is 0.233 e. The Morgan fingerprint density at radius 1 is 1.12 bits per heavy atom. The predicted octanol–water partition coefficient (Wildman–Crippen LogP) is 2.23. The van der Waals surface area contributed by atoms with Crippen LogP contribution in [0.3, 0.4) is 0 Å². The Balaban J connectivity index is 1.34. The number of para-hydroxylation sites is 2. The lowest BCUT2D eigenvalue weighted by Crippen LogP contribution is -2.51. The van der Waals surface area contributed by atoms with Gasteiger partial charge in [0.25, 0.3) is 0 Å². The molecule has 4 rings (SSSR count). The largest absolute Gasteiger partial charge is 0.339 e. The summed E-state index contributed by atoms with van der Waals surface area (Å²) in [6.07, 6.45) is 2.07. The Bertz CT molecular complexity index is 822. The smallest absolute Gasteiger partial charge is 0.233 e. The summed E-state index contributed by atoms with van der Waals surface area (Å²) in [7, 11) is 0. The first kappa shape index (κ1) is 17.4. The van der Waals surface area contributed by atoms with E-state index in [9.17, 15) is 9.59 Å². The molecule has 1 aliphatic heterocycles. The van der Waals surface area contributed by atoms with Gasteiger partial charge in [-0.25, -0.2) is 4.98 Å². The lowest BCUT2D eigenvalue weighted by Gasteiger charge is -2.34. The minimum absolute atomic E-state index is 0.128. The van der Waals surface area contributed by atoms with Crippen molar-refractivity contribution in [2.75, 3.05) is 31.9 Å². The number of carbonyl (C=O) groups excluding carboxylic acids is 2. The molecule has 2 aliphatic rings. The van der Waals surface area contributed by atoms with Gasteiger partial charge >= 0.3 is 0 Å². The highest BCUT2D eigenvalue weighted by Crippen LogP contribution is 2.31. The van der Waals surface area contributed by atoms with Crippen LogP contribution in [0, 0.1) is 5.92 Å². The highest BCUT2D eigenvalue weighted by Gasteiger charge is 2.35. The molecule has 1 aliphatic carbocycles. The molecule has 1 aromatic heterocycles. The van der Waals surface area contributed by atoms with Crippen molar-refractivity contribution in [1.29, 1.82) is 0 Å². The average molecular weight is 372 g/mol. The molecule has 138 valence electrons. The second kappa shape index (κ2) is 7.31. The molecule has 0 atom stereocenters. The van der Waals surface area contributed by atoms with Gasteiger partial charge in [0.1, 0.15) is 0 Å². The van der Waals surface area contributed by atoms with Gasteiger partial charge < -0.3 is 14.4 Å². The van der Waals surface area contributed by atoms with Crippen molar-refractivity contribution in [3.63, 3.8) is 0 Å². The highest BCUT2D eigenvalue weighted by atomic mass is 32.2. The van der Waals surface area contributed by atoms with E-state index in [2.05, 4.69) is 22.5 Å². The monoisotopic (exact) mass is 372 g/mol. The first-order valence-corrected chi connectivity index (χ1v) is 10.3. The molecule has 0 radical (unpaired) electrons. The number of thioether (sulfide) groups is 1. The van der Waals surface area contributed by atoms with Gasteiger partial charge in [-0.15, -0.1) is 0 Å². The summed E-state index contributed by atoms with van der Waals surface area (Å²) in [5.41, 5.74) is 2.08. The van der Waals surface area contributed by atoms with Crippen LogP contribution in [0.5, 0.6) is 0 Å². The van der Waals surface area contributed by atoms with E-state index in [0.29, 0.717) is 31.9 Å². The zero-order valence-electron chi connectivity index (χ0n) is 15.1. The molecule has 1 aromatic carbocycles. The SMILES string of the molecule is CCn1c(SCC(=O)N2CCN(C(=O)C3CC3)CC2)nc2ccccc21. The summed E-state index contributed by atoms with van der Waals surface area (Å²) in [6, 6.07) is 8.06. The van der Waals surface area contributed by atoms with Crippen molar-refractivity contribution in [2.45, 2.75) is 31.5 Å². The van der Waals surface area contributed by atoms with Crippen LogP contribution < -0.4 is 0 Å². The van der Waals surface area contributed by atoms with Crippen molar-refractivity contribution in [1.82, 2.24) is 19.4 Å². The predicted molar refractivity (Wildman–Crippen MR) is 102 cm³/mol. The van der Waals surface area contributed by atoms with Crippen LogP contribution in [0.15, 0.2) is 29.4 Å². The summed E-state index contributed by atoms with van der Waals surface area (Å²) in [4.78, 5) is 33.1. The Hall–Kier alpha value is -2.02. The number of aryl methyl sites for hydroxylation is 1. The van der Waals surface area contributed by atoms with Crippen LogP contribution in [0.25, 0.3) is 11.0 Å². The molecular formula is C19H24N4O2S. The van der Waals surface area contributed by atoms with Crippen molar-refractivity contribution in [3.05, 3.63) is 24.3 Å². The fourth-order valence-electron chi connectivity index (χ4n) is 3.45. The number of rotatable bonds is 5. The molecule has 2 aromatic rings. The van der Waals surface area contributed by atoms with Crippen molar-refractivity contribution in [3.8, 4) is 0 Å². The molecule has 2 heterocycles. The van der Waals surface area contributed by atoms with Gasteiger partial charge in [-0.2, -0.15) is 0 Å². The van der Waals surface area contributed by atoms with E-state index in [1.807, 2.05) is 28.0 Å². The summed E-state index contributed by atoms with van der Waals surface area (Å²) in [5, 5.41) is 0.893. The van der Waals surface area contributed by atoms with E-state index in [0.717, 1.165) is 35.6 Å². The van der Waals surface area contributed by atoms with Crippen LogP contribution in [-0.2, 0) is 16.1 Å². The van der Waals surface area contributed by atoms with Crippen molar-refractivity contribution in [2.24, 2.45) is 5.92 Å². The molecular weight excluding hydrogens is 348 g/mol. The third-order valence-electron chi connectivity index (χ3n) is 5.13. The van der Waals surface area contributed by atoms with Gasteiger partial charge in [-0.3, -0.25) is 9.59 Å². The third kappa shape index (κ3) is 3.45. The lowest BCUT2D eigenvalue weighted by atomic mass is 10.2. The summed E-state index contributed by atoms with van der Waals surface area (Å²) in [6.45, 7) is 5.54. The third-order valence-corrected chi connectivity index (χ3v) is 6.09. The average Bonchev–Trinajstić information content (AvgIpc) is 3.46. The molecule has 0 spiro atoms. The Morgan fingerprint density at radius 3 is 2.50 bits per heavy atom. The van der Waals surface area contributed by atoms with Crippen molar-refractivity contribution >= 4 is 34.6 Å². The van der Waals surface area contributed by atoms with E-state index < -0.39 is 0 Å². The molecule has 7 heteroatoms. The highest BCUT2D eigenvalue weighted by molar-refractivity contribution is 7.99.